The van der Waals surface area contributed by atoms with Crippen molar-refractivity contribution in [3.05, 3.63) is 29.8 Å². The lowest BCUT2D eigenvalue weighted by Crippen LogP contribution is -2.52. The lowest BCUT2D eigenvalue weighted by Gasteiger charge is -2.36. The zero-order chi connectivity index (χ0) is 19.5. The van der Waals surface area contributed by atoms with E-state index < -0.39 is 28.2 Å². The first kappa shape index (κ1) is 18.0. The predicted octanol–water partition coefficient (Wildman–Crippen LogP) is 2.30. The molecule has 3 heterocycles. The van der Waals surface area contributed by atoms with Crippen molar-refractivity contribution < 1.29 is 21.6 Å². The maximum Gasteiger partial charge on any atom is 0.258 e. The minimum absolute atomic E-state index is 0.00700. The van der Waals surface area contributed by atoms with Crippen molar-refractivity contribution in [3.63, 3.8) is 0 Å². The van der Waals surface area contributed by atoms with E-state index in [1.807, 2.05) is 0 Å². The van der Waals surface area contributed by atoms with Crippen molar-refractivity contribution in [2.75, 3.05) is 13.1 Å². The first-order chi connectivity index (χ1) is 12.7. The number of aromatic nitrogens is 4. The SMILES string of the molecule is Cc1cc(F)c2[nH]c(S(=O)(=O)N3CC(C(F)F)C3)cc2c1-c1ncn(C)n1. The van der Waals surface area contributed by atoms with Gasteiger partial charge in [0.05, 0.1) is 5.52 Å². The highest BCUT2D eigenvalue weighted by Crippen LogP contribution is 2.35. The molecule has 1 aromatic carbocycles. The fraction of sp³-hybridized carbons (Fsp3) is 0.375. The van der Waals surface area contributed by atoms with Crippen molar-refractivity contribution in [2.24, 2.45) is 13.0 Å². The smallest absolute Gasteiger partial charge is 0.258 e. The summed E-state index contributed by atoms with van der Waals surface area (Å²) >= 11 is 0. The van der Waals surface area contributed by atoms with Gasteiger partial charge in [-0.15, -0.1) is 0 Å². The van der Waals surface area contributed by atoms with Crippen LogP contribution in [0.1, 0.15) is 5.56 Å². The molecular formula is C16H16F3N5O2S. The summed E-state index contributed by atoms with van der Waals surface area (Å²) in [5, 5.41) is 4.29. The highest BCUT2D eigenvalue weighted by atomic mass is 32.2. The third-order valence-corrected chi connectivity index (χ3v) is 6.47. The molecule has 3 aromatic rings. The number of hydrogen-bond donors (Lipinski definition) is 1. The van der Waals surface area contributed by atoms with Gasteiger partial charge in [-0.25, -0.2) is 26.6 Å². The molecular weight excluding hydrogens is 383 g/mol. The summed E-state index contributed by atoms with van der Waals surface area (Å²) in [5.41, 5.74) is 1.07. The van der Waals surface area contributed by atoms with E-state index in [1.54, 1.807) is 14.0 Å². The summed E-state index contributed by atoms with van der Waals surface area (Å²) < 4.78 is 67.6. The van der Waals surface area contributed by atoms with Crippen LogP contribution in [0, 0.1) is 18.7 Å². The van der Waals surface area contributed by atoms with E-state index in [0.717, 1.165) is 4.31 Å². The molecule has 0 saturated carbocycles. The van der Waals surface area contributed by atoms with Crippen LogP contribution in [0.15, 0.2) is 23.5 Å². The molecule has 1 fully saturated rings. The van der Waals surface area contributed by atoms with Gasteiger partial charge in [-0.05, 0) is 24.6 Å². The number of nitrogens with one attached hydrogen (secondary N) is 1. The maximum atomic E-state index is 14.4. The van der Waals surface area contributed by atoms with E-state index in [0.29, 0.717) is 22.3 Å². The molecule has 0 atom stereocenters. The molecule has 1 aliphatic heterocycles. The van der Waals surface area contributed by atoms with Crippen molar-refractivity contribution >= 4 is 20.9 Å². The van der Waals surface area contributed by atoms with Gasteiger partial charge in [0.15, 0.2) is 5.82 Å². The average molecular weight is 399 g/mol. The number of aromatic amines is 1. The molecule has 1 saturated heterocycles. The van der Waals surface area contributed by atoms with Crippen LogP contribution in [0.5, 0.6) is 0 Å². The summed E-state index contributed by atoms with van der Waals surface area (Å²) in [4.78, 5) is 6.75. The lowest BCUT2D eigenvalue weighted by molar-refractivity contribution is 0.0122. The number of H-pyrrole nitrogens is 1. The van der Waals surface area contributed by atoms with Crippen LogP contribution in [0.3, 0.4) is 0 Å². The first-order valence-corrected chi connectivity index (χ1v) is 9.58. The summed E-state index contributed by atoms with van der Waals surface area (Å²) in [7, 11) is -2.34. The van der Waals surface area contributed by atoms with Gasteiger partial charge in [0, 0.05) is 37.0 Å². The summed E-state index contributed by atoms with van der Waals surface area (Å²) in [6, 6.07) is 2.58. The quantitative estimate of drug-likeness (QED) is 0.730. The van der Waals surface area contributed by atoms with Gasteiger partial charge in [0.1, 0.15) is 17.2 Å². The Balaban J connectivity index is 1.82. The van der Waals surface area contributed by atoms with Gasteiger partial charge < -0.3 is 4.98 Å². The zero-order valence-corrected chi connectivity index (χ0v) is 15.3. The van der Waals surface area contributed by atoms with Crippen LogP contribution in [-0.4, -0.2) is 52.0 Å². The molecule has 1 N–H and O–H groups in total. The molecule has 4 rings (SSSR count). The molecule has 0 aliphatic carbocycles. The highest BCUT2D eigenvalue weighted by Gasteiger charge is 2.42. The van der Waals surface area contributed by atoms with E-state index in [4.69, 9.17) is 0 Å². The Kier molecular flexibility index (Phi) is 4.04. The second-order valence-electron chi connectivity index (χ2n) is 6.63. The number of halogens is 3. The van der Waals surface area contributed by atoms with Crippen LogP contribution in [-0.2, 0) is 17.1 Å². The number of alkyl halides is 2. The van der Waals surface area contributed by atoms with E-state index in [2.05, 4.69) is 15.1 Å². The van der Waals surface area contributed by atoms with Crippen LogP contribution < -0.4 is 0 Å². The fourth-order valence-electron chi connectivity index (χ4n) is 3.22. The zero-order valence-electron chi connectivity index (χ0n) is 14.4. The van der Waals surface area contributed by atoms with Gasteiger partial charge in [0.2, 0.25) is 6.43 Å². The molecule has 2 aromatic heterocycles. The number of rotatable bonds is 4. The van der Waals surface area contributed by atoms with Gasteiger partial charge in [-0.1, -0.05) is 0 Å². The van der Waals surface area contributed by atoms with Gasteiger partial charge in [-0.2, -0.15) is 9.40 Å². The molecule has 144 valence electrons. The van der Waals surface area contributed by atoms with Crippen LogP contribution in [0.4, 0.5) is 13.2 Å². The largest absolute Gasteiger partial charge is 0.342 e. The fourth-order valence-corrected chi connectivity index (χ4v) is 4.77. The van der Waals surface area contributed by atoms with Crippen LogP contribution in [0.2, 0.25) is 0 Å². The maximum absolute atomic E-state index is 14.4. The van der Waals surface area contributed by atoms with E-state index in [1.165, 1.54) is 23.1 Å². The number of hydrogen-bond acceptors (Lipinski definition) is 4. The first-order valence-electron chi connectivity index (χ1n) is 8.14. The molecule has 0 bridgehead atoms. The average Bonchev–Trinajstić information content (AvgIpc) is 3.12. The molecule has 11 heteroatoms. The van der Waals surface area contributed by atoms with E-state index in [9.17, 15) is 21.6 Å². The molecule has 7 nitrogen and oxygen atoms in total. The number of aryl methyl sites for hydroxylation is 2. The van der Waals surface area contributed by atoms with Gasteiger partial charge >= 0.3 is 0 Å². The Morgan fingerprint density at radius 2 is 2.00 bits per heavy atom. The van der Waals surface area contributed by atoms with Crippen LogP contribution >= 0.6 is 0 Å². The lowest BCUT2D eigenvalue weighted by atomic mass is 10.0. The van der Waals surface area contributed by atoms with E-state index in [-0.39, 0.29) is 23.6 Å². The Bertz CT molecular complexity index is 1130. The van der Waals surface area contributed by atoms with Crippen molar-refractivity contribution in [3.8, 4) is 11.4 Å². The summed E-state index contributed by atoms with van der Waals surface area (Å²) in [6.45, 7) is 1.16. The highest BCUT2D eigenvalue weighted by molar-refractivity contribution is 7.89. The minimum atomic E-state index is -4.02. The monoisotopic (exact) mass is 399 g/mol. The standard InChI is InChI=1S/C16H16F3N5O2S/c1-8-3-11(17)14-10(13(8)16-20-7-23(2)22-16)4-12(21-14)27(25,26)24-5-9(6-24)15(18)19/h3-4,7,9,15,21H,5-6H2,1-2H3. The second-order valence-corrected chi connectivity index (χ2v) is 8.54. The minimum Gasteiger partial charge on any atom is -0.342 e. The number of nitrogens with zero attached hydrogens (tertiary/aromatic N) is 4. The Hall–Kier alpha value is -2.40. The van der Waals surface area contributed by atoms with Crippen LogP contribution in [0.25, 0.3) is 22.3 Å². The van der Waals surface area contributed by atoms with Crippen molar-refractivity contribution in [2.45, 2.75) is 18.4 Å². The van der Waals surface area contributed by atoms with Crippen molar-refractivity contribution in [1.29, 1.82) is 0 Å². The van der Waals surface area contributed by atoms with Gasteiger partial charge in [0.25, 0.3) is 10.0 Å². The molecule has 27 heavy (non-hydrogen) atoms. The second kappa shape index (κ2) is 6.06. The predicted molar refractivity (Wildman–Crippen MR) is 91.2 cm³/mol. The third-order valence-electron chi connectivity index (χ3n) is 4.71. The van der Waals surface area contributed by atoms with Gasteiger partial charge in [-0.3, -0.25) is 4.68 Å². The number of sulfonamides is 1. The topological polar surface area (TPSA) is 83.9 Å². The molecule has 0 unspecified atom stereocenters. The Morgan fingerprint density at radius 1 is 1.30 bits per heavy atom. The molecule has 0 radical (unpaired) electrons. The van der Waals surface area contributed by atoms with Crippen molar-refractivity contribution in [1.82, 2.24) is 24.1 Å². The number of benzene rings is 1. The Labute approximate surface area is 152 Å². The number of fused-ring (bicyclic) bond motifs is 1. The summed E-state index contributed by atoms with van der Waals surface area (Å²) in [5.74, 6) is -1.25. The Morgan fingerprint density at radius 3 is 2.59 bits per heavy atom. The third kappa shape index (κ3) is 2.81. The summed E-state index contributed by atoms with van der Waals surface area (Å²) in [6.07, 6.45) is -1.08. The van der Waals surface area contributed by atoms with E-state index >= 15 is 0 Å². The normalized spacial score (nSPS) is 16.4. The molecule has 1 aliphatic rings. The molecule has 0 spiro atoms. The molecule has 0 amide bonds.